The molecule has 118 valence electrons. The van der Waals surface area contributed by atoms with Crippen LogP contribution in [0.4, 0.5) is 0 Å². The van der Waals surface area contributed by atoms with Gasteiger partial charge in [0.05, 0.1) is 6.42 Å². The molecule has 0 spiro atoms. The number of hydrogen-bond donors (Lipinski definition) is 1. The molecule has 1 saturated carbocycles. The molecule has 0 bridgehead atoms. The third-order valence-electron chi connectivity index (χ3n) is 5.00. The van der Waals surface area contributed by atoms with Gasteiger partial charge in [-0.25, -0.2) is 0 Å². The Bertz CT molecular complexity index is 254. The number of hydrogen-bond acceptors (Lipinski definition) is 1. The van der Waals surface area contributed by atoms with Crippen molar-refractivity contribution in [2.75, 3.05) is 0 Å². The fraction of sp³-hybridized carbons (Fsp3) is 0.944. The van der Waals surface area contributed by atoms with Crippen LogP contribution < -0.4 is 0 Å². The summed E-state index contributed by atoms with van der Waals surface area (Å²) in [6.07, 6.45) is 18.5. The summed E-state index contributed by atoms with van der Waals surface area (Å²) in [7, 11) is 0. The molecule has 1 aliphatic rings. The number of carboxylic acid groups (broad SMARTS) is 1. The van der Waals surface area contributed by atoms with E-state index >= 15 is 0 Å². The zero-order chi connectivity index (χ0) is 14.7. The first-order valence-corrected chi connectivity index (χ1v) is 8.90. The molecular formula is C18H34O2. The van der Waals surface area contributed by atoms with Gasteiger partial charge in [0.25, 0.3) is 0 Å². The molecule has 1 aliphatic carbocycles. The first kappa shape index (κ1) is 17.5. The highest BCUT2D eigenvalue weighted by Crippen LogP contribution is 2.45. The number of rotatable bonds is 12. The predicted molar refractivity (Wildman–Crippen MR) is 85.0 cm³/mol. The average molecular weight is 282 g/mol. The second kappa shape index (κ2) is 10.2. The maximum absolute atomic E-state index is 11.0. The standard InChI is InChI=1S/C18H34O2/c1-2-3-4-5-6-7-8-9-10-13-18(16-17(19)20)14-11-12-15-18/h2-16H2,1H3,(H,19,20). The van der Waals surface area contributed by atoms with E-state index in [-0.39, 0.29) is 5.41 Å². The van der Waals surface area contributed by atoms with E-state index in [4.69, 9.17) is 5.11 Å². The van der Waals surface area contributed by atoms with Gasteiger partial charge < -0.3 is 5.11 Å². The molecule has 1 N–H and O–H groups in total. The molecule has 20 heavy (non-hydrogen) atoms. The molecule has 0 aliphatic heterocycles. The van der Waals surface area contributed by atoms with Gasteiger partial charge in [0.2, 0.25) is 0 Å². The zero-order valence-corrected chi connectivity index (χ0v) is 13.5. The number of aliphatic carboxylic acids is 1. The Labute approximate surface area is 125 Å². The minimum absolute atomic E-state index is 0.160. The van der Waals surface area contributed by atoms with Crippen molar-refractivity contribution in [2.24, 2.45) is 5.41 Å². The Balaban J connectivity index is 2.02. The molecular weight excluding hydrogens is 248 g/mol. The first-order chi connectivity index (χ1) is 9.68. The first-order valence-electron chi connectivity index (χ1n) is 8.90. The quantitative estimate of drug-likeness (QED) is 0.449. The van der Waals surface area contributed by atoms with Gasteiger partial charge in [0.1, 0.15) is 0 Å². The Morgan fingerprint density at radius 3 is 1.90 bits per heavy atom. The third-order valence-corrected chi connectivity index (χ3v) is 5.00. The van der Waals surface area contributed by atoms with Crippen molar-refractivity contribution in [1.82, 2.24) is 0 Å². The van der Waals surface area contributed by atoms with Crippen molar-refractivity contribution in [3.05, 3.63) is 0 Å². The van der Waals surface area contributed by atoms with Crippen molar-refractivity contribution in [2.45, 2.75) is 103 Å². The maximum Gasteiger partial charge on any atom is 0.303 e. The van der Waals surface area contributed by atoms with E-state index in [1.165, 1.54) is 70.6 Å². The lowest BCUT2D eigenvalue weighted by Gasteiger charge is -2.27. The van der Waals surface area contributed by atoms with E-state index in [1.54, 1.807) is 0 Å². The van der Waals surface area contributed by atoms with Crippen molar-refractivity contribution >= 4 is 5.97 Å². The van der Waals surface area contributed by atoms with Crippen LogP contribution in [-0.2, 0) is 4.79 Å². The third kappa shape index (κ3) is 7.31. The largest absolute Gasteiger partial charge is 0.481 e. The van der Waals surface area contributed by atoms with Gasteiger partial charge in [-0.05, 0) is 24.7 Å². The monoisotopic (exact) mass is 282 g/mol. The molecule has 1 fully saturated rings. The zero-order valence-electron chi connectivity index (χ0n) is 13.5. The van der Waals surface area contributed by atoms with Gasteiger partial charge in [-0.2, -0.15) is 0 Å². The molecule has 0 aromatic rings. The minimum atomic E-state index is -0.595. The molecule has 0 aromatic heterocycles. The molecule has 2 heteroatoms. The Morgan fingerprint density at radius 1 is 0.900 bits per heavy atom. The van der Waals surface area contributed by atoms with Crippen LogP contribution >= 0.6 is 0 Å². The van der Waals surface area contributed by atoms with Gasteiger partial charge in [0, 0.05) is 0 Å². The van der Waals surface area contributed by atoms with Crippen LogP contribution in [0.15, 0.2) is 0 Å². The van der Waals surface area contributed by atoms with Gasteiger partial charge >= 0.3 is 5.97 Å². The lowest BCUT2D eigenvalue weighted by Crippen LogP contribution is -2.20. The Hall–Kier alpha value is -0.530. The highest BCUT2D eigenvalue weighted by molar-refractivity contribution is 5.67. The van der Waals surface area contributed by atoms with Crippen molar-refractivity contribution in [3.63, 3.8) is 0 Å². The summed E-state index contributed by atoms with van der Waals surface area (Å²) in [5.41, 5.74) is 0.160. The van der Waals surface area contributed by atoms with Gasteiger partial charge in [-0.15, -0.1) is 0 Å². The molecule has 0 saturated heterocycles. The van der Waals surface area contributed by atoms with Crippen LogP contribution in [0, 0.1) is 5.41 Å². The summed E-state index contributed by atoms with van der Waals surface area (Å²) in [6, 6.07) is 0. The molecule has 0 heterocycles. The fourth-order valence-electron chi connectivity index (χ4n) is 3.77. The van der Waals surface area contributed by atoms with Crippen LogP contribution in [0.2, 0.25) is 0 Å². The second-order valence-electron chi connectivity index (χ2n) is 6.86. The van der Waals surface area contributed by atoms with Gasteiger partial charge in [0.15, 0.2) is 0 Å². The highest BCUT2D eigenvalue weighted by atomic mass is 16.4. The summed E-state index contributed by atoms with van der Waals surface area (Å²) in [6.45, 7) is 2.26. The van der Waals surface area contributed by atoms with E-state index in [0.717, 1.165) is 19.3 Å². The SMILES string of the molecule is CCCCCCCCCCCC1(CC(=O)O)CCCC1. The summed E-state index contributed by atoms with van der Waals surface area (Å²) >= 11 is 0. The summed E-state index contributed by atoms with van der Waals surface area (Å²) in [4.78, 5) is 11.0. The summed E-state index contributed by atoms with van der Waals surface area (Å²) in [5, 5.41) is 9.08. The highest BCUT2D eigenvalue weighted by Gasteiger charge is 2.35. The predicted octanol–water partition coefficient (Wildman–Crippen LogP) is 5.94. The van der Waals surface area contributed by atoms with Crippen molar-refractivity contribution in [1.29, 1.82) is 0 Å². The lowest BCUT2D eigenvalue weighted by molar-refractivity contribution is -0.139. The van der Waals surface area contributed by atoms with Gasteiger partial charge in [-0.3, -0.25) is 4.79 Å². The van der Waals surface area contributed by atoms with Crippen LogP contribution in [0.3, 0.4) is 0 Å². The normalized spacial score (nSPS) is 17.4. The Morgan fingerprint density at radius 2 is 1.40 bits per heavy atom. The molecule has 0 aromatic carbocycles. The van der Waals surface area contributed by atoms with E-state index in [2.05, 4.69) is 6.92 Å². The topological polar surface area (TPSA) is 37.3 Å². The van der Waals surface area contributed by atoms with E-state index in [1.807, 2.05) is 0 Å². The lowest BCUT2D eigenvalue weighted by atomic mass is 9.78. The van der Waals surface area contributed by atoms with E-state index in [9.17, 15) is 4.79 Å². The molecule has 0 atom stereocenters. The maximum atomic E-state index is 11.0. The summed E-state index contributed by atoms with van der Waals surface area (Å²) in [5.74, 6) is -0.595. The molecule has 0 radical (unpaired) electrons. The van der Waals surface area contributed by atoms with E-state index in [0.29, 0.717) is 6.42 Å². The molecule has 2 nitrogen and oxygen atoms in total. The molecule has 1 rings (SSSR count). The molecule has 0 unspecified atom stereocenters. The number of carbonyl (C=O) groups is 1. The Kier molecular flexibility index (Phi) is 8.97. The van der Waals surface area contributed by atoms with Crippen molar-refractivity contribution in [3.8, 4) is 0 Å². The van der Waals surface area contributed by atoms with Crippen molar-refractivity contribution < 1.29 is 9.90 Å². The van der Waals surface area contributed by atoms with Crippen LogP contribution in [0.5, 0.6) is 0 Å². The molecule has 0 amide bonds. The summed E-state index contributed by atoms with van der Waals surface area (Å²) < 4.78 is 0. The van der Waals surface area contributed by atoms with Crippen LogP contribution in [0.25, 0.3) is 0 Å². The number of carboxylic acids is 1. The van der Waals surface area contributed by atoms with Crippen LogP contribution in [-0.4, -0.2) is 11.1 Å². The number of unbranched alkanes of at least 4 members (excludes halogenated alkanes) is 8. The van der Waals surface area contributed by atoms with Gasteiger partial charge in [-0.1, -0.05) is 77.6 Å². The van der Waals surface area contributed by atoms with Crippen LogP contribution in [0.1, 0.15) is 103 Å². The average Bonchev–Trinajstić information content (AvgIpc) is 2.85. The minimum Gasteiger partial charge on any atom is -0.481 e. The fourth-order valence-corrected chi connectivity index (χ4v) is 3.77. The smallest absolute Gasteiger partial charge is 0.303 e. The second-order valence-corrected chi connectivity index (χ2v) is 6.86. The van der Waals surface area contributed by atoms with E-state index < -0.39 is 5.97 Å².